The normalized spacial score (nSPS) is 18.7. The Hall–Kier alpha value is -2.47. The number of hydrogen-bond donors (Lipinski definition) is 1. The monoisotopic (exact) mass is 362 g/mol. The van der Waals surface area contributed by atoms with Crippen molar-refractivity contribution in [3.63, 3.8) is 0 Å². The van der Waals surface area contributed by atoms with Gasteiger partial charge in [0.2, 0.25) is 5.91 Å². The Balaban J connectivity index is 1.99. The molecule has 1 unspecified atom stereocenters. The second-order valence-electron chi connectivity index (χ2n) is 6.54. The summed E-state index contributed by atoms with van der Waals surface area (Å²) in [5, 5.41) is 2.50. The summed E-state index contributed by atoms with van der Waals surface area (Å²) in [6.45, 7) is 3.60. The number of carbonyl (C=O) groups excluding carboxylic acids is 2. The molecule has 0 spiro atoms. The lowest BCUT2D eigenvalue weighted by atomic mass is 9.75. The van der Waals surface area contributed by atoms with E-state index in [1.807, 2.05) is 0 Å². The van der Waals surface area contributed by atoms with Gasteiger partial charge in [0, 0.05) is 17.7 Å². The number of aromatic nitrogens is 1. The molecule has 3 rings (SSSR count). The number of carbonyl (C=O) groups is 2. The molecule has 0 saturated heterocycles. The van der Waals surface area contributed by atoms with E-state index in [1.165, 1.54) is 12.3 Å². The molecule has 1 aromatic heterocycles. The summed E-state index contributed by atoms with van der Waals surface area (Å²) in [5.41, 5.74) is -0.800. The Morgan fingerprint density at radius 3 is 2.84 bits per heavy atom. The summed E-state index contributed by atoms with van der Waals surface area (Å²) in [6.07, 6.45) is 1.53. The Bertz CT molecular complexity index is 840. The number of pyridine rings is 1. The minimum absolute atomic E-state index is 0.00801. The topological polar surface area (TPSA) is 68.3 Å². The number of nitrogens with zero attached hydrogens (tertiary/aromatic N) is 1. The quantitative estimate of drug-likeness (QED) is 0.826. The standard InChI is InChI=1S/C18H16ClFN2O3/c1-18(2)9-25-13-8-11(19)12(20)7-10(13)16(23)15(18)17(24)22-14-5-3-4-6-21-14/h3-8,15H,9H2,1-2H3,(H,21,22,24). The van der Waals surface area contributed by atoms with Crippen molar-refractivity contribution < 1.29 is 18.7 Å². The summed E-state index contributed by atoms with van der Waals surface area (Å²) in [4.78, 5) is 29.8. The minimum atomic E-state index is -1.06. The number of fused-ring (bicyclic) bond motifs is 1. The van der Waals surface area contributed by atoms with Crippen LogP contribution in [0.5, 0.6) is 5.75 Å². The number of amides is 1. The number of Topliss-reactive ketones (excluding diaryl/α,β-unsaturated/α-hetero) is 1. The predicted molar refractivity (Wildman–Crippen MR) is 91.4 cm³/mol. The Labute approximate surface area is 149 Å². The van der Waals surface area contributed by atoms with Crippen molar-refractivity contribution >= 4 is 29.1 Å². The van der Waals surface area contributed by atoms with Crippen LogP contribution in [-0.4, -0.2) is 23.3 Å². The van der Waals surface area contributed by atoms with E-state index in [0.29, 0.717) is 5.82 Å². The van der Waals surface area contributed by atoms with E-state index in [9.17, 15) is 14.0 Å². The first-order valence-electron chi connectivity index (χ1n) is 7.67. The predicted octanol–water partition coefficient (Wildman–Crippen LogP) is 3.73. The molecule has 1 N–H and O–H groups in total. The van der Waals surface area contributed by atoms with Gasteiger partial charge in [-0.2, -0.15) is 0 Å². The number of hydrogen-bond acceptors (Lipinski definition) is 4. The maximum Gasteiger partial charge on any atom is 0.237 e. The first-order valence-corrected chi connectivity index (χ1v) is 8.05. The number of nitrogens with one attached hydrogen (secondary N) is 1. The molecule has 25 heavy (non-hydrogen) atoms. The highest BCUT2D eigenvalue weighted by molar-refractivity contribution is 6.31. The van der Waals surface area contributed by atoms with Gasteiger partial charge in [0.1, 0.15) is 23.3 Å². The van der Waals surface area contributed by atoms with Crippen LogP contribution in [0, 0.1) is 17.2 Å². The molecule has 7 heteroatoms. The molecular formula is C18H16ClFN2O3. The summed E-state index contributed by atoms with van der Waals surface area (Å²) in [6, 6.07) is 7.34. The molecule has 1 amide bonds. The molecule has 130 valence electrons. The summed E-state index contributed by atoms with van der Waals surface area (Å²) >= 11 is 5.77. The van der Waals surface area contributed by atoms with Crippen molar-refractivity contribution in [2.75, 3.05) is 11.9 Å². The molecule has 0 bridgehead atoms. The maximum atomic E-state index is 13.8. The fourth-order valence-corrected chi connectivity index (χ4v) is 2.96. The van der Waals surface area contributed by atoms with Crippen LogP contribution < -0.4 is 10.1 Å². The smallest absolute Gasteiger partial charge is 0.237 e. The third-order valence-electron chi connectivity index (χ3n) is 4.11. The molecule has 0 saturated carbocycles. The van der Waals surface area contributed by atoms with E-state index in [4.69, 9.17) is 16.3 Å². The number of halogens is 2. The molecule has 0 radical (unpaired) electrons. The zero-order valence-corrected chi connectivity index (χ0v) is 14.4. The third-order valence-corrected chi connectivity index (χ3v) is 4.40. The van der Waals surface area contributed by atoms with Gasteiger partial charge in [-0.05, 0) is 18.2 Å². The fraction of sp³-hybridized carbons (Fsp3) is 0.278. The average molecular weight is 363 g/mol. The highest BCUT2D eigenvalue weighted by Gasteiger charge is 2.45. The van der Waals surface area contributed by atoms with Crippen LogP contribution in [0.15, 0.2) is 36.5 Å². The summed E-state index contributed by atoms with van der Waals surface area (Å²) < 4.78 is 19.5. The van der Waals surface area contributed by atoms with Gasteiger partial charge in [-0.25, -0.2) is 9.37 Å². The highest BCUT2D eigenvalue weighted by Crippen LogP contribution is 2.39. The number of benzene rings is 1. The van der Waals surface area contributed by atoms with Crippen molar-refractivity contribution in [3.8, 4) is 5.75 Å². The molecule has 1 aliphatic rings. The van der Waals surface area contributed by atoms with Crippen LogP contribution in [0.1, 0.15) is 24.2 Å². The Kier molecular flexibility index (Phi) is 4.47. The van der Waals surface area contributed by atoms with Crippen molar-refractivity contribution in [1.82, 2.24) is 4.98 Å². The molecule has 0 fully saturated rings. The molecule has 5 nitrogen and oxygen atoms in total. The molecular weight excluding hydrogens is 347 g/mol. The van der Waals surface area contributed by atoms with Crippen LogP contribution in [0.3, 0.4) is 0 Å². The minimum Gasteiger partial charge on any atom is -0.492 e. The molecule has 2 heterocycles. The lowest BCUT2D eigenvalue weighted by molar-refractivity contribution is -0.121. The number of rotatable bonds is 2. The van der Waals surface area contributed by atoms with E-state index in [-0.39, 0.29) is 22.9 Å². The van der Waals surface area contributed by atoms with E-state index in [1.54, 1.807) is 32.0 Å². The van der Waals surface area contributed by atoms with Gasteiger partial charge in [0.15, 0.2) is 5.78 Å². The first-order chi connectivity index (χ1) is 11.8. The van der Waals surface area contributed by atoms with Gasteiger partial charge in [-0.15, -0.1) is 0 Å². The fourth-order valence-electron chi connectivity index (χ4n) is 2.81. The van der Waals surface area contributed by atoms with Gasteiger partial charge in [-0.1, -0.05) is 31.5 Å². The van der Waals surface area contributed by atoms with E-state index >= 15 is 0 Å². The lowest BCUT2D eigenvalue weighted by Crippen LogP contribution is -2.42. The second-order valence-corrected chi connectivity index (χ2v) is 6.95. The van der Waals surface area contributed by atoms with Crippen LogP contribution in [0.25, 0.3) is 0 Å². The van der Waals surface area contributed by atoms with Gasteiger partial charge >= 0.3 is 0 Å². The van der Waals surface area contributed by atoms with Crippen LogP contribution >= 0.6 is 11.6 Å². The SMILES string of the molecule is CC1(C)COc2cc(Cl)c(F)cc2C(=O)C1C(=O)Nc1ccccn1. The molecule has 1 atom stereocenters. The van der Waals surface area contributed by atoms with Crippen molar-refractivity contribution in [1.29, 1.82) is 0 Å². The van der Waals surface area contributed by atoms with E-state index in [2.05, 4.69) is 10.3 Å². The zero-order valence-electron chi connectivity index (χ0n) is 13.7. The average Bonchev–Trinajstić information content (AvgIpc) is 2.64. The van der Waals surface area contributed by atoms with Gasteiger partial charge < -0.3 is 10.1 Å². The number of anilines is 1. The van der Waals surface area contributed by atoms with Gasteiger partial charge in [0.25, 0.3) is 0 Å². The first kappa shape index (κ1) is 17.4. The Morgan fingerprint density at radius 1 is 1.40 bits per heavy atom. The van der Waals surface area contributed by atoms with E-state index in [0.717, 1.165) is 6.07 Å². The third kappa shape index (κ3) is 3.35. The van der Waals surface area contributed by atoms with Crippen LogP contribution in [-0.2, 0) is 4.79 Å². The maximum absolute atomic E-state index is 13.8. The molecule has 1 aliphatic heterocycles. The molecule has 0 aliphatic carbocycles. The molecule has 1 aromatic carbocycles. The van der Waals surface area contributed by atoms with Crippen molar-refractivity contribution in [2.45, 2.75) is 13.8 Å². The summed E-state index contributed by atoms with van der Waals surface area (Å²) in [5.74, 6) is -2.30. The van der Waals surface area contributed by atoms with Crippen LogP contribution in [0.4, 0.5) is 10.2 Å². The van der Waals surface area contributed by atoms with Gasteiger partial charge in [0.05, 0.1) is 17.2 Å². The van der Waals surface area contributed by atoms with Crippen molar-refractivity contribution in [3.05, 3.63) is 52.9 Å². The highest BCUT2D eigenvalue weighted by atomic mass is 35.5. The number of ketones is 1. The molecule has 2 aromatic rings. The summed E-state index contributed by atoms with van der Waals surface area (Å²) in [7, 11) is 0. The van der Waals surface area contributed by atoms with Gasteiger partial charge in [-0.3, -0.25) is 9.59 Å². The number of ether oxygens (including phenoxy) is 1. The lowest BCUT2D eigenvalue weighted by Gasteiger charge is -2.29. The van der Waals surface area contributed by atoms with Crippen molar-refractivity contribution in [2.24, 2.45) is 11.3 Å². The second kappa shape index (κ2) is 6.44. The Morgan fingerprint density at radius 2 is 2.16 bits per heavy atom. The van der Waals surface area contributed by atoms with Crippen LogP contribution in [0.2, 0.25) is 5.02 Å². The zero-order chi connectivity index (χ0) is 18.2. The largest absolute Gasteiger partial charge is 0.492 e. The van der Waals surface area contributed by atoms with E-state index < -0.39 is 28.8 Å².